The van der Waals surface area contributed by atoms with Crippen molar-refractivity contribution < 1.29 is 13.9 Å². The predicted molar refractivity (Wildman–Crippen MR) is 70.6 cm³/mol. The molecule has 0 bridgehead atoms. The molecular formula is C12H28O3P+. The molecule has 1 atom stereocenters. The summed E-state index contributed by atoms with van der Waals surface area (Å²) in [6, 6.07) is 0. The molecular weight excluding hydrogens is 223 g/mol. The van der Waals surface area contributed by atoms with Gasteiger partial charge in [-0.2, -0.15) is 13.9 Å². The van der Waals surface area contributed by atoms with Gasteiger partial charge >= 0.3 is 7.94 Å². The fraction of sp³-hybridized carbons (Fsp3) is 1.00. The largest absolute Gasteiger partial charge is 0.414 e. The van der Waals surface area contributed by atoms with Crippen molar-refractivity contribution >= 4 is 7.94 Å². The van der Waals surface area contributed by atoms with Crippen LogP contribution in [0.2, 0.25) is 0 Å². The van der Waals surface area contributed by atoms with Gasteiger partial charge in [0, 0.05) is 0 Å². The van der Waals surface area contributed by atoms with Crippen LogP contribution in [0.1, 0.15) is 60.3 Å². The van der Waals surface area contributed by atoms with Crippen LogP contribution < -0.4 is 0 Å². The first-order chi connectivity index (χ1) is 7.41. The molecule has 4 heteroatoms. The van der Waals surface area contributed by atoms with E-state index in [1.807, 2.05) is 13.8 Å². The Kier molecular flexibility index (Phi) is 7.04. The molecule has 16 heavy (non-hydrogen) atoms. The maximum Gasteiger partial charge on any atom is 0.414 e. The molecule has 0 aliphatic rings. The third-order valence-electron chi connectivity index (χ3n) is 3.23. The maximum atomic E-state index is 10.7. The lowest BCUT2D eigenvalue weighted by Crippen LogP contribution is -2.34. The third kappa shape index (κ3) is 3.40. The molecule has 0 aliphatic heterocycles. The van der Waals surface area contributed by atoms with Crippen LogP contribution in [-0.4, -0.2) is 23.3 Å². The Labute approximate surface area is 101 Å². The molecule has 0 aromatic carbocycles. The zero-order chi connectivity index (χ0) is 12.8. The molecule has 0 heterocycles. The monoisotopic (exact) mass is 251 g/mol. The molecule has 0 radical (unpaired) electrons. The molecule has 0 rings (SSSR count). The van der Waals surface area contributed by atoms with Gasteiger partial charge < -0.3 is 0 Å². The molecule has 1 N–H and O–H groups in total. The summed E-state index contributed by atoms with van der Waals surface area (Å²) in [5.41, 5.74) is 0. The molecule has 3 nitrogen and oxygen atoms in total. The Bertz CT molecular complexity index is 193. The Morgan fingerprint density at radius 2 is 1.69 bits per heavy atom. The number of hydrogen-bond donors (Lipinski definition) is 1. The van der Waals surface area contributed by atoms with Crippen molar-refractivity contribution in [3.8, 4) is 0 Å². The minimum atomic E-state index is -2.76. The van der Waals surface area contributed by atoms with Gasteiger partial charge in [-0.1, -0.05) is 27.2 Å². The van der Waals surface area contributed by atoms with Gasteiger partial charge in [-0.05, 0) is 33.1 Å². The fourth-order valence-corrected chi connectivity index (χ4v) is 4.82. The van der Waals surface area contributed by atoms with E-state index in [1.165, 1.54) is 0 Å². The van der Waals surface area contributed by atoms with E-state index in [9.17, 15) is 4.89 Å². The van der Waals surface area contributed by atoms with Gasteiger partial charge in [-0.25, -0.2) is 0 Å². The Balaban J connectivity index is 5.08. The van der Waals surface area contributed by atoms with Gasteiger partial charge in [0.1, 0.15) is 6.10 Å². The molecule has 0 aliphatic carbocycles. The van der Waals surface area contributed by atoms with Crippen LogP contribution in [0.25, 0.3) is 0 Å². The highest BCUT2D eigenvalue weighted by atomic mass is 31.2. The molecule has 1 unspecified atom stereocenters. The summed E-state index contributed by atoms with van der Waals surface area (Å²) in [6.07, 6.45) is 3.76. The van der Waals surface area contributed by atoms with Gasteiger partial charge in [-0.15, -0.1) is 0 Å². The molecule has 0 amide bonds. The van der Waals surface area contributed by atoms with Gasteiger partial charge in [0.25, 0.3) is 0 Å². The van der Waals surface area contributed by atoms with E-state index in [0.717, 1.165) is 25.7 Å². The second kappa shape index (κ2) is 6.90. The average Bonchev–Trinajstić information content (AvgIpc) is 2.24. The van der Waals surface area contributed by atoms with E-state index in [1.54, 1.807) is 7.11 Å². The topological polar surface area (TPSA) is 38.7 Å². The summed E-state index contributed by atoms with van der Waals surface area (Å²) in [6.45, 7) is 10.2. The van der Waals surface area contributed by atoms with Crippen LogP contribution in [0.15, 0.2) is 0 Å². The molecule has 0 spiro atoms. The minimum absolute atomic E-state index is 0.00684. The summed E-state index contributed by atoms with van der Waals surface area (Å²) < 4.78 is 11.1. The minimum Gasteiger partial charge on any atom is -0.192 e. The van der Waals surface area contributed by atoms with Gasteiger partial charge in [-0.3, -0.25) is 0 Å². The van der Waals surface area contributed by atoms with Crippen molar-refractivity contribution in [1.29, 1.82) is 0 Å². The molecule has 0 saturated carbocycles. The maximum absolute atomic E-state index is 10.7. The quantitative estimate of drug-likeness (QED) is 0.658. The second-order valence-electron chi connectivity index (χ2n) is 4.54. The van der Waals surface area contributed by atoms with Crippen molar-refractivity contribution in [2.45, 2.75) is 71.6 Å². The summed E-state index contributed by atoms with van der Waals surface area (Å²) in [7, 11) is -1.20. The smallest absolute Gasteiger partial charge is 0.192 e. The van der Waals surface area contributed by atoms with E-state index < -0.39 is 7.94 Å². The first-order valence-corrected chi connectivity index (χ1v) is 7.85. The fourth-order valence-electron chi connectivity index (χ4n) is 2.24. The van der Waals surface area contributed by atoms with Crippen molar-refractivity contribution in [3.63, 3.8) is 0 Å². The van der Waals surface area contributed by atoms with Crippen LogP contribution in [0.3, 0.4) is 0 Å². The highest BCUT2D eigenvalue weighted by Gasteiger charge is 2.60. The highest BCUT2D eigenvalue weighted by molar-refractivity contribution is 7.62. The summed E-state index contributed by atoms with van der Waals surface area (Å²) >= 11 is 0. The van der Waals surface area contributed by atoms with Crippen molar-refractivity contribution in [3.05, 3.63) is 0 Å². The van der Waals surface area contributed by atoms with E-state index in [0.29, 0.717) is 0 Å². The Morgan fingerprint density at radius 1 is 1.19 bits per heavy atom. The second-order valence-corrected chi connectivity index (χ2v) is 7.10. The van der Waals surface area contributed by atoms with Crippen molar-refractivity contribution in [2.75, 3.05) is 7.11 Å². The first-order valence-electron chi connectivity index (χ1n) is 6.27. The van der Waals surface area contributed by atoms with Crippen molar-refractivity contribution in [2.24, 2.45) is 0 Å². The molecule has 0 aromatic rings. The van der Waals surface area contributed by atoms with Crippen molar-refractivity contribution in [1.82, 2.24) is 0 Å². The van der Waals surface area contributed by atoms with Crippen LogP contribution in [0, 0.1) is 0 Å². The lowest BCUT2D eigenvalue weighted by molar-refractivity contribution is 0.135. The average molecular weight is 251 g/mol. The zero-order valence-electron chi connectivity index (χ0n) is 11.6. The molecule has 0 saturated heterocycles. The Morgan fingerprint density at radius 3 is 1.94 bits per heavy atom. The first kappa shape index (κ1) is 16.3. The van der Waals surface area contributed by atoms with Crippen LogP contribution in [0.5, 0.6) is 0 Å². The predicted octanol–water partition coefficient (Wildman–Crippen LogP) is 4.17. The van der Waals surface area contributed by atoms with Crippen LogP contribution in [-0.2, 0) is 9.05 Å². The third-order valence-corrected chi connectivity index (χ3v) is 6.49. The molecule has 98 valence electrons. The Hall–Kier alpha value is 0.310. The summed E-state index contributed by atoms with van der Waals surface area (Å²) in [4.78, 5) is 10.7. The van der Waals surface area contributed by atoms with E-state index in [-0.39, 0.29) is 11.3 Å². The van der Waals surface area contributed by atoms with Gasteiger partial charge in [0.2, 0.25) is 0 Å². The van der Waals surface area contributed by atoms with Crippen LogP contribution >= 0.6 is 7.94 Å². The summed E-state index contributed by atoms with van der Waals surface area (Å²) in [5.74, 6) is 0. The van der Waals surface area contributed by atoms with Crippen LogP contribution in [0.4, 0.5) is 0 Å². The number of hydrogen-bond acceptors (Lipinski definition) is 3. The number of rotatable bonds is 8. The van der Waals surface area contributed by atoms with E-state index >= 15 is 0 Å². The van der Waals surface area contributed by atoms with Gasteiger partial charge in [0.05, 0.1) is 7.11 Å². The lowest BCUT2D eigenvalue weighted by Gasteiger charge is -2.35. The summed E-state index contributed by atoms with van der Waals surface area (Å²) in [5, 5.41) is -0.208. The molecule has 0 aromatic heterocycles. The van der Waals surface area contributed by atoms with Gasteiger partial charge in [0.15, 0.2) is 5.16 Å². The van der Waals surface area contributed by atoms with E-state index in [4.69, 9.17) is 9.05 Å². The molecule has 0 fully saturated rings. The normalized spacial score (nSPS) is 16.5. The SMILES string of the molecule is CCCC(CC)(CC)[P+](O)(OC)OC(C)C. The standard InChI is InChI=1S/C12H28O3P/c1-7-10-12(8-2,9-3)16(13,14-6)15-11(4)5/h11,13H,7-10H2,1-6H3/q+1. The van der Waals surface area contributed by atoms with E-state index in [2.05, 4.69) is 20.8 Å². The lowest BCUT2D eigenvalue weighted by atomic mass is 9.97. The zero-order valence-corrected chi connectivity index (χ0v) is 12.5. The highest BCUT2D eigenvalue weighted by Crippen LogP contribution is 2.71.